The maximum Gasteiger partial charge on any atom is 0.432 e. The quantitative estimate of drug-likeness (QED) is 0.0461. The Morgan fingerprint density at radius 1 is 1.11 bits per heavy atom. The van der Waals surface area contributed by atoms with Crippen LogP contribution in [0.3, 0.4) is 0 Å². The normalized spacial score (nSPS) is 10.7. The van der Waals surface area contributed by atoms with Crippen molar-refractivity contribution < 1.29 is 26.6 Å². The third-order valence-corrected chi connectivity index (χ3v) is 5.43. The molecule has 2 aromatic rings. The minimum Gasteiger partial charge on any atom is -0.387 e. The number of pyridine rings is 1. The lowest BCUT2D eigenvalue weighted by Gasteiger charge is -2.08. The second-order valence-corrected chi connectivity index (χ2v) is 9.38. The molecule has 4 N–H and O–H groups in total. The van der Waals surface area contributed by atoms with E-state index in [0.29, 0.717) is 34.2 Å². The SMILES string of the molecule is C=C(/C=C(/C=O)Nc1ncccc1C)CN=NNC(=C)C(F)(F)F.CC.CNC(C)C.CNc1c(C)cc(SF)cc1C=O. The predicted octanol–water partition coefficient (Wildman–Crippen LogP) is 7.94. The molecule has 14 heteroatoms. The molecule has 0 aliphatic heterocycles. The zero-order valence-electron chi connectivity index (χ0n) is 26.4. The summed E-state index contributed by atoms with van der Waals surface area (Å²) in [5.41, 5.74) is 3.95. The molecule has 0 unspecified atom stereocenters. The molecule has 0 spiro atoms. The number of aromatic nitrogens is 1. The molecule has 0 bridgehead atoms. The van der Waals surface area contributed by atoms with Crippen molar-refractivity contribution in [3.05, 3.63) is 83.4 Å². The molecule has 0 radical (unpaired) electrons. The van der Waals surface area contributed by atoms with Crippen LogP contribution in [0, 0.1) is 13.8 Å². The molecule has 0 amide bonds. The van der Waals surface area contributed by atoms with Crippen molar-refractivity contribution in [1.29, 1.82) is 0 Å². The third-order valence-electron chi connectivity index (χ3n) is 5.01. The van der Waals surface area contributed by atoms with Gasteiger partial charge in [0.05, 0.1) is 24.4 Å². The van der Waals surface area contributed by atoms with E-state index < -0.39 is 11.9 Å². The van der Waals surface area contributed by atoms with Gasteiger partial charge in [-0.15, -0.1) is 0 Å². The summed E-state index contributed by atoms with van der Waals surface area (Å²) in [6, 6.07) is 7.43. The largest absolute Gasteiger partial charge is 0.432 e. The lowest BCUT2D eigenvalue weighted by atomic mass is 10.1. The summed E-state index contributed by atoms with van der Waals surface area (Å²) < 4.78 is 48.7. The number of nitrogens with one attached hydrogen (secondary N) is 4. The van der Waals surface area contributed by atoms with Crippen LogP contribution in [0.5, 0.6) is 0 Å². The Morgan fingerprint density at radius 3 is 2.18 bits per heavy atom. The van der Waals surface area contributed by atoms with Crippen molar-refractivity contribution >= 4 is 36.2 Å². The Labute approximate surface area is 262 Å². The zero-order valence-corrected chi connectivity index (χ0v) is 27.2. The van der Waals surface area contributed by atoms with E-state index in [2.05, 4.69) is 58.3 Å². The van der Waals surface area contributed by atoms with Gasteiger partial charge in [-0.05, 0) is 61.9 Å². The number of hydrogen-bond donors (Lipinski definition) is 4. The number of carbonyl (C=O) groups is 2. The summed E-state index contributed by atoms with van der Waals surface area (Å²) in [4.78, 5) is 26.3. The standard InChI is InChI=1S/C15H16F3N5O.C9H10FNOS.C4H11N.C2H6/c1-10(8-20-23-22-12(3)15(16,17)18)7-13(9-24)21-14-11(2)5-4-6-19-14;1-6-3-8(13-10)4-7(5-12)9(6)11-2;1-4(2)5-3;1-2/h4-7,9H,1,3,8H2,2H3,(H,19,21)(H,20,22);3-5,11H,1-2H3;4-5H,1-3H3;1-2H3/b13-7-;;;. The minimum absolute atomic E-state index is 0.0989. The first-order valence-corrected chi connectivity index (χ1v) is 14.1. The van der Waals surface area contributed by atoms with E-state index in [-0.39, 0.29) is 24.4 Å². The van der Waals surface area contributed by atoms with Crippen molar-refractivity contribution in [3.63, 3.8) is 0 Å². The van der Waals surface area contributed by atoms with Gasteiger partial charge >= 0.3 is 6.18 Å². The van der Waals surface area contributed by atoms with E-state index in [9.17, 15) is 26.6 Å². The number of carbonyl (C=O) groups excluding carboxylic acids is 2. The van der Waals surface area contributed by atoms with Gasteiger partial charge in [0.1, 0.15) is 11.5 Å². The molecule has 0 aliphatic carbocycles. The number of benzene rings is 1. The molecule has 1 aromatic carbocycles. The van der Waals surface area contributed by atoms with Gasteiger partial charge in [0.2, 0.25) is 0 Å². The second kappa shape index (κ2) is 23.4. The smallest absolute Gasteiger partial charge is 0.387 e. The number of nitrogens with zero attached hydrogens (tertiary/aromatic N) is 3. The van der Waals surface area contributed by atoms with Gasteiger partial charge in [0.25, 0.3) is 0 Å². The summed E-state index contributed by atoms with van der Waals surface area (Å²) in [5, 5.41) is 15.4. The van der Waals surface area contributed by atoms with Gasteiger partial charge in [-0.2, -0.15) is 22.2 Å². The van der Waals surface area contributed by atoms with E-state index in [0.717, 1.165) is 23.1 Å². The lowest BCUT2D eigenvalue weighted by Crippen LogP contribution is -2.20. The van der Waals surface area contributed by atoms with E-state index in [4.69, 9.17) is 0 Å². The van der Waals surface area contributed by atoms with Crippen LogP contribution in [0.2, 0.25) is 0 Å². The fourth-order valence-electron chi connectivity index (χ4n) is 2.66. The highest BCUT2D eigenvalue weighted by atomic mass is 32.2. The van der Waals surface area contributed by atoms with Crippen LogP contribution in [0.4, 0.5) is 28.6 Å². The van der Waals surface area contributed by atoms with Crippen LogP contribution in [0.15, 0.2) is 81.9 Å². The molecule has 0 atom stereocenters. The summed E-state index contributed by atoms with van der Waals surface area (Å²) in [7, 11) is 3.68. The number of alkyl halides is 3. The van der Waals surface area contributed by atoms with Gasteiger partial charge in [-0.25, -0.2) is 4.98 Å². The van der Waals surface area contributed by atoms with Crippen LogP contribution in [0.1, 0.15) is 49.2 Å². The monoisotopic (exact) mass is 641 g/mol. The first-order chi connectivity index (χ1) is 20.7. The van der Waals surface area contributed by atoms with Crippen molar-refractivity contribution in [3.8, 4) is 0 Å². The van der Waals surface area contributed by atoms with E-state index in [1.807, 2.05) is 40.8 Å². The van der Waals surface area contributed by atoms with Crippen LogP contribution < -0.4 is 21.4 Å². The molecule has 1 aromatic heterocycles. The number of hydrogen-bond acceptors (Lipinski definition) is 9. The Morgan fingerprint density at radius 2 is 1.73 bits per heavy atom. The average molecular weight is 642 g/mol. The molecular weight excluding hydrogens is 598 g/mol. The van der Waals surface area contributed by atoms with Gasteiger partial charge in [0, 0.05) is 35.4 Å². The van der Waals surface area contributed by atoms with E-state index in [1.165, 1.54) is 12.1 Å². The third kappa shape index (κ3) is 17.8. The molecule has 1 heterocycles. The Kier molecular flexibility index (Phi) is 22.4. The fourth-order valence-corrected chi connectivity index (χ4v) is 3.06. The average Bonchev–Trinajstić information content (AvgIpc) is 3.00. The van der Waals surface area contributed by atoms with Crippen LogP contribution in [-0.2, 0) is 4.79 Å². The number of allylic oxidation sites excluding steroid dienone is 2. The Hall–Kier alpha value is -4.04. The number of rotatable bonds is 12. The van der Waals surface area contributed by atoms with Crippen molar-refractivity contribution in [2.45, 2.75) is 58.7 Å². The van der Waals surface area contributed by atoms with Crippen molar-refractivity contribution in [2.24, 2.45) is 10.3 Å². The highest BCUT2D eigenvalue weighted by molar-refractivity contribution is 7.94. The molecule has 0 fully saturated rings. The summed E-state index contributed by atoms with van der Waals surface area (Å²) in [6.07, 6.45) is -0.331. The van der Waals surface area contributed by atoms with E-state index >= 15 is 0 Å². The Bertz CT molecular complexity index is 1250. The molecular formula is C30H43F4N7O2S. The topological polar surface area (TPSA) is 120 Å². The van der Waals surface area contributed by atoms with Crippen molar-refractivity contribution in [1.82, 2.24) is 15.7 Å². The maximum absolute atomic E-state index is 12.2. The Balaban J connectivity index is 0. The number of aldehydes is 2. The summed E-state index contributed by atoms with van der Waals surface area (Å²) in [6.45, 7) is 18.2. The zero-order chi connectivity index (χ0) is 34.3. The highest BCUT2D eigenvalue weighted by Gasteiger charge is 2.32. The summed E-state index contributed by atoms with van der Waals surface area (Å²) >= 11 is 0.145. The van der Waals surface area contributed by atoms with Crippen LogP contribution >= 0.6 is 12.1 Å². The molecule has 0 saturated heterocycles. The number of halogens is 4. The molecule has 0 aliphatic rings. The lowest BCUT2D eigenvalue weighted by molar-refractivity contribution is -0.104. The van der Waals surface area contributed by atoms with Gasteiger partial charge < -0.3 is 16.0 Å². The van der Waals surface area contributed by atoms with Gasteiger partial charge in [0.15, 0.2) is 12.6 Å². The van der Waals surface area contributed by atoms with Gasteiger partial charge in [-0.3, -0.25) is 15.0 Å². The second-order valence-electron chi connectivity index (χ2n) is 8.75. The van der Waals surface area contributed by atoms with Crippen LogP contribution in [-0.4, -0.2) is 50.4 Å². The van der Waals surface area contributed by atoms with Crippen molar-refractivity contribution in [2.75, 3.05) is 31.3 Å². The predicted molar refractivity (Wildman–Crippen MR) is 173 cm³/mol. The van der Waals surface area contributed by atoms with Crippen LogP contribution in [0.25, 0.3) is 0 Å². The highest BCUT2D eigenvalue weighted by Crippen LogP contribution is 2.27. The fraction of sp³-hybridized carbons (Fsp3) is 0.367. The maximum atomic E-state index is 12.2. The molecule has 2 rings (SSSR count). The first kappa shape index (κ1) is 42.1. The molecule has 244 valence electrons. The van der Waals surface area contributed by atoms with E-state index in [1.54, 1.807) is 30.8 Å². The molecule has 9 nitrogen and oxygen atoms in total. The molecule has 0 saturated carbocycles. The first-order valence-electron chi connectivity index (χ1n) is 13.4. The summed E-state index contributed by atoms with van der Waals surface area (Å²) in [5.74, 6) is 0.508. The molecule has 44 heavy (non-hydrogen) atoms. The number of aryl methyl sites for hydroxylation is 2. The van der Waals surface area contributed by atoms with Gasteiger partial charge in [-0.1, -0.05) is 52.1 Å². The minimum atomic E-state index is -4.59. The number of anilines is 2.